The normalized spacial score (nSPS) is 18.0. The third kappa shape index (κ3) is 5.74. The van der Waals surface area contributed by atoms with Crippen molar-refractivity contribution in [1.82, 2.24) is 15.5 Å². The lowest BCUT2D eigenvalue weighted by molar-refractivity contribution is -0.131. The molecule has 25 heavy (non-hydrogen) atoms. The second-order valence-corrected chi connectivity index (χ2v) is 6.69. The van der Waals surface area contributed by atoms with Gasteiger partial charge in [0.25, 0.3) is 0 Å². The number of ether oxygens (including phenoxy) is 1. The minimum Gasteiger partial charge on any atom is -0.497 e. The van der Waals surface area contributed by atoms with E-state index in [1.54, 1.807) is 7.11 Å². The smallest absolute Gasteiger partial charge is 0.239 e. The fraction of sp³-hybridized carbons (Fsp3) is 0.579. The van der Waals surface area contributed by atoms with E-state index in [0.29, 0.717) is 12.6 Å². The molecule has 0 radical (unpaired) electrons. The van der Waals surface area contributed by atoms with Gasteiger partial charge >= 0.3 is 0 Å². The molecule has 1 saturated heterocycles. The second-order valence-electron chi connectivity index (χ2n) is 6.69. The van der Waals surface area contributed by atoms with Gasteiger partial charge in [0.2, 0.25) is 11.8 Å². The lowest BCUT2D eigenvalue weighted by atomic mass is 9.99. The lowest BCUT2D eigenvalue weighted by Crippen LogP contribution is -2.53. The number of carbonyl (C=O) groups is 2. The average Bonchev–Trinajstić information content (AvgIpc) is 2.64. The van der Waals surface area contributed by atoms with E-state index in [1.807, 2.05) is 24.3 Å². The highest BCUT2D eigenvalue weighted by Crippen LogP contribution is 2.19. The maximum absolute atomic E-state index is 12.4. The number of likely N-dealkylation sites (tertiary alicyclic amines) is 1. The average molecular weight is 347 g/mol. The topological polar surface area (TPSA) is 70.7 Å². The predicted octanol–water partition coefficient (Wildman–Crippen LogP) is 1.69. The number of hydrogen-bond donors (Lipinski definition) is 2. The van der Waals surface area contributed by atoms with Gasteiger partial charge in [0.15, 0.2) is 0 Å². The van der Waals surface area contributed by atoms with Gasteiger partial charge < -0.3 is 15.4 Å². The molecule has 1 atom stereocenters. The van der Waals surface area contributed by atoms with Crippen LogP contribution in [0.2, 0.25) is 0 Å². The summed E-state index contributed by atoms with van der Waals surface area (Å²) in [4.78, 5) is 26.6. The van der Waals surface area contributed by atoms with Crippen molar-refractivity contribution in [2.24, 2.45) is 0 Å². The van der Waals surface area contributed by atoms with Crippen molar-refractivity contribution in [2.75, 3.05) is 20.2 Å². The SMILES string of the molecule is COc1ccc(CNC(=O)CNC(=O)C2CCCCN2C(C)C)cc1. The Bertz CT molecular complexity index is 572. The Labute approximate surface area is 149 Å². The molecule has 1 heterocycles. The molecule has 6 heteroatoms. The van der Waals surface area contributed by atoms with Crippen molar-refractivity contribution in [3.05, 3.63) is 29.8 Å². The fourth-order valence-electron chi connectivity index (χ4n) is 3.15. The first kappa shape index (κ1) is 19.2. The Kier molecular flexibility index (Phi) is 7.25. The molecule has 1 fully saturated rings. The molecule has 2 amide bonds. The van der Waals surface area contributed by atoms with Gasteiger partial charge in [-0.2, -0.15) is 0 Å². The molecular weight excluding hydrogens is 318 g/mol. The van der Waals surface area contributed by atoms with E-state index in [-0.39, 0.29) is 24.4 Å². The molecule has 0 aliphatic carbocycles. The van der Waals surface area contributed by atoms with E-state index in [4.69, 9.17) is 4.74 Å². The number of carbonyl (C=O) groups excluding carboxylic acids is 2. The first-order valence-electron chi connectivity index (χ1n) is 8.94. The van der Waals surface area contributed by atoms with Crippen molar-refractivity contribution in [1.29, 1.82) is 0 Å². The van der Waals surface area contributed by atoms with Gasteiger partial charge in [-0.15, -0.1) is 0 Å². The number of rotatable bonds is 7. The maximum atomic E-state index is 12.4. The minimum absolute atomic E-state index is 0.0113. The second kappa shape index (κ2) is 9.42. The molecule has 2 N–H and O–H groups in total. The lowest BCUT2D eigenvalue weighted by Gasteiger charge is -2.37. The zero-order valence-corrected chi connectivity index (χ0v) is 15.4. The van der Waals surface area contributed by atoms with Crippen LogP contribution in [-0.2, 0) is 16.1 Å². The summed E-state index contributed by atoms with van der Waals surface area (Å²) < 4.78 is 5.10. The minimum atomic E-state index is -0.184. The zero-order chi connectivity index (χ0) is 18.2. The van der Waals surface area contributed by atoms with Gasteiger partial charge in [0.1, 0.15) is 5.75 Å². The Morgan fingerprint density at radius 3 is 2.56 bits per heavy atom. The molecule has 0 aromatic heterocycles. The number of nitrogens with zero attached hydrogens (tertiary/aromatic N) is 1. The Hall–Kier alpha value is -2.08. The zero-order valence-electron chi connectivity index (χ0n) is 15.4. The van der Waals surface area contributed by atoms with Crippen molar-refractivity contribution >= 4 is 11.8 Å². The molecule has 1 unspecified atom stereocenters. The van der Waals surface area contributed by atoms with Crippen LogP contribution in [0.25, 0.3) is 0 Å². The highest BCUT2D eigenvalue weighted by Gasteiger charge is 2.30. The summed E-state index contributed by atoms with van der Waals surface area (Å²) in [6.45, 7) is 5.59. The molecule has 0 spiro atoms. The molecule has 1 aromatic carbocycles. The van der Waals surface area contributed by atoms with Crippen LogP contribution in [0.3, 0.4) is 0 Å². The molecule has 2 rings (SSSR count). The van der Waals surface area contributed by atoms with Crippen LogP contribution in [0.4, 0.5) is 0 Å². The summed E-state index contributed by atoms with van der Waals surface area (Å²) >= 11 is 0. The van der Waals surface area contributed by atoms with Gasteiger partial charge in [-0.3, -0.25) is 14.5 Å². The van der Waals surface area contributed by atoms with E-state index in [9.17, 15) is 9.59 Å². The molecule has 6 nitrogen and oxygen atoms in total. The van der Waals surface area contributed by atoms with Gasteiger partial charge in [-0.1, -0.05) is 18.6 Å². The van der Waals surface area contributed by atoms with Gasteiger partial charge in [0.05, 0.1) is 19.7 Å². The summed E-state index contributed by atoms with van der Waals surface area (Å²) in [5.74, 6) is 0.550. The largest absolute Gasteiger partial charge is 0.497 e. The number of methoxy groups -OCH3 is 1. The van der Waals surface area contributed by atoms with E-state index in [2.05, 4.69) is 29.4 Å². The van der Waals surface area contributed by atoms with Crippen molar-refractivity contribution in [2.45, 2.75) is 51.7 Å². The molecular formula is C19H29N3O3. The number of nitrogens with one attached hydrogen (secondary N) is 2. The summed E-state index contributed by atoms with van der Waals surface area (Å²) in [6.07, 6.45) is 3.05. The number of hydrogen-bond acceptors (Lipinski definition) is 4. The van der Waals surface area contributed by atoms with Crippen molar-refractivity contribution in [3.63, 3.8) is 0 Å². The van der Waals surface area contributed by atoms with Crippen molar-refractivity contribution < 1.29 is 14.3 Å². The summed E-state index contributed by atoms with van der Waals surface area (Å²) in [5.41, 5.74) is 0.985. The van der Waals surface area contributed by atoms with Gasteiger partial charge in [0, 0.05) is 12.6 Å². The van der Waals surface area contributed by atoms with Crippen LogP contribution in [0.1, 0.15) is 38.7 Å². The van der Waals surface area contributed by atoms with Crippen LogP contribution in [0.5, 0.6) is 5.75 Å². The van der Waals surface area contributed by atoms with Crippen molar-refractivity contribution in [3.8, 4) is 5.75 Å². The molecule has 1 aromatic rings. The predicted molar refractivity (Wildman–Crippen MR) is 97.3 cm³/mol. The first-order chi connectivity index (χ1) is 12.0. The molecule has 1 aliphatic heterocycles. The van der Waals surface area contributed by atoms with E-state index in [1.165, 1.54) is 0 Å². The highest BCUT2D eigenvalue weighted by atomic mass is 16.5. The van der Waals surface area contributed by atoms with Gasteiger partial charge in [-0.05, 0) is 50.9 Å². The molecule has 0 saturated carbocycles. The summed E-state index contributed by atoms with van der Waals surface area (Å²) in [7, 11) is 1.62. The quantitative estimate of drug-likeness (QED) is 0.787. The number of amides is 2. The first-order valence-corrected chi connectivity index (χ1v) is 8.94. The fourth-order valence-corrected chi connectivity index (χ4v) is 3.15. The van der Waals surface area contributed by atoms with Crippen LogP contribution >= 0.6 is 0 Å². The number of benzene rings is 1. The number of piperidine rings is 1. The monoisotopic (exact) mass is 347 g/mol. The summed E-state index contributed by atoms with van der Waals surface area (Å²) in [6, 6.07) is 7.73. The van der Waals surface area contributed by atoms with E-state index < -0.39 is 0 Å². The summed E-state index contributed by atoms with van der Waals surface area (Å²) in [5, 5.41) is 5.60. The Balaban J connectivity index is 1.75. The maximum Gasteiger partial charge on any atom is 0.239 e. The van der Waals surface area contributed by atoms with Crippen LogP contribution in [0.15, 0.2) is 24.3 Å². The Morgan fingerprint density at radius 2 is 1.92 bits per heavy atom. The Morgan fingerprint density at radius 1 is 1.20 bits per heavy atom. The molecule has 1 aliphatic rings. The third-order valence-electron chi connectivity index (χ3n) is 4.58. The van der Waals surface area contributed by atoms with E-state index >= 15 is 0 Å². The molecule has 0 bridgehead atoms. The molecule has 138 valence electrons. The van der Waals surface area contributed by atoms with Crippen LogP contribution in [0, 0.1) is 0 Å². The third-order valence-corrected chi connectivity index (χ3v) is 4.58. The van der Waals surface area contributed by atoms with Crippen LogP contribution < -0.4 is 15.4 Å². The van der Waals surface area contributed by atoms with E-state index in [0.717, 1.165) is 37.1 Å². The van der Waals surface area contributed by atoms with Crippen LogP contribution in [-0.4, -0.2) is 49.0 Å². The standard InChI is InChI=1S/C19H29N3O3/c1-14(2)22-11-5-4-6-17(22)19(24)21-13-18(23)20-12-15-7-9-16(25-3)10-8-15/h7-10,14,17H,4-6,11-13H2,1-3H3,(H,20,23)(H,21,24). The van der Waals surface area contributed by atoms with Gasteiger partial charge in [-0.25, -0.2) is 0 Å². The highest BCUT2D eigenvalue weighted by molar-refractivity contribution is 5.87.